The number of nitrogens with zero attached hydrogens (tertiary/aromatic N) is 5. The predicted molar refractivity (Wildman–Crippen MR) is 101 cm³/mol. The summed E-state index contributed by atoms with van der Waals surface area (Å²) in [7, 11) is 0. The van der Waals surface area contributed by atoms with Gasteiger partial charge in [-0.1, -0.05) is 30.3 Å². The fourth-order valence-corrected chi connectivity index (χ4v) is 4.83. The van der Waals surface area contributed by atoms with Gasteiger partial charge in [0.05, 0.1) is 12.1 Å². The second-order valence-corrected chi connectivity index (χ2v) is 8.67. The number of aromatic nitrogens is 5. The summed E-state index contributed by atoms with van der Waals surface area (Å²) < 4.78 is 13.9. The van der Waals surface area contributed by atoms with Crippen molar-refractivity contribution in [1.82, 2.24) is 25.0 Å². The Balaban J connectivity index is 1.69. The Morgan fingerprint density at radius 2 is 2.07 bits per heavy atom. The van der Waals surface area contributed by atoms with Gasteiger partial charge in [0.15, 0.2) is 27.9 Å². The van der Waals surface area contributed by atoms with Crippen LogP contribution in [0.25, 0.3) is 11.2 Å². The van der Waals surface area contributed by atoms with E-state index in [0.717, 1.165) is 18.6 Å². The molecule has 10 heteroatoms. The lowest BCUT2D eigenvalue weighted by Crippen LogP contribution is -2.28. The fraction of sp³-hybridized carbons (Fsp3) is 0.765. The first-order valence-electron chi connectivity index (χ1n) is 9.41. The van der Waals surface area contributed by atoms with Gasteiger partial charge in [-0.2, -0.15) is 0 Å². The summed E-state index contributed by atoms with van der Waals surface area (Å²) in [6.07, 6.45) is 2.50. The van der Waals surface area contributed by atoms with Crippen LogP contribution in [0.3, 0.4) is 0 Å². The van der Waals surface area contributed by atoms with E-state index in [2.05, 4.69) is 27.2 Å². The molecule has 4 atom stereocenters. The summed E-state index contributed by atoms with van der Waals surface area (Å²) in [6, 6.07) is -0.123. The Hall–Kier alpha value is -1.49. The molecule has 1 aliphatic heterocycles. The molecule has 0 radical (unpaired) electrons. The van der Waals surface area contributed by atoms with Gasteiger partial charge in [0.1, 0.15) is 6.10 Å². The smallest absolute Gasteiger partial charge is 0.191 e. The van der Waals surface area contributed by atoms with Crippen LogP contribution in [0.1, 0.15) is 46.1 Å². The average molecular weight is 395 g/mol. The molecule has 3 N–H and O–H groups in total. The number of thioether (sulfide) groups is 1. The largest absolute Gasteiger partial charge is 0.396 e. The van der Waals surface area contributed by atoms with Gasteiger partial charge in [0.25, 0.3) is 0 Å². The first-order valence-corrected chi connectivity index (χ1v) is 10.4. The highest BCUT2D eigenvalue weighted by molar-refractivity contribution is 7.99. The molecule has 148 valence electrons. The Morgan fingerprint density at radius 1 is 1.30 bits per heavy atom. The zero-order chi connectivity index (χ0) is 19.2. The van der Waals surface area contributed by atoms with Crippen molar-refractivity contribution in [2.75, 3.05) is 18.1 Å². The third kappa shape index (κ3) is 3.39. The van der Waals surface area contributed by atoms with E-state index >= 15 is 0 Å². The molecule has 0 aromatic carbocycles. The summed E-state index contributed by atoms with van der Waals surface area (Å²) in [5.74, 6) is 0.572. The van der Waals surface area contributed by atoms with Crippen molar-refractivity contribution in [3.63, 3.8) is 0 Å². The maximum absolute atomic E-state index is 9.79. The number of unbranched alkanes of at least 4 members (excludes halogenated alkanes) is 1. The molecule has 0 unspecified atom stereocenters. The molecular formula is C17H26N6O3S. The summed E-state index contributed by atoms with van der Waals surface area (Å²) in [5, 5.41) is 18.9. The van der Waals surface area contributed by atoms with Crippen LogP contribution in [-0.4, -0.2) is 60.4 Å². The molecule has 2 aromatic rings. The molecule has 1 saturated heterocycles. The highest BCUT2D eigenvalue weighted by Gasteiger charge is 2.55. The summed E-state index contributed by atoms with van der Waals surface area (Å²) in [5.41, 5.74) is 7.21. The molecular weight excluding hydrogens is 368 g/mol. The Kier molecular flexibility index (Phi) is 5.00. The Labute approximate surface area is 162 Å². The number of hydrogen-bond donors (Lipinski definition) is 2. The molecule has 27 heavy (non-hydrogen) atoms. The van der Waals surface area contributed by atoms with E-state index in [-0.39, 0.29) is 30.8 Å². The minimum atomic E-state index is -0.688. The lowest BCUT2D eigenvalue weighted by Gasteiger charge is -2.23. The van der Waals surface area contributed by atoms with Crippen molar-refractivity contribution >= 4 is 28.7 Å². The van der Waals surface area contributed by atoms with Gasteiger partial charge in [0.2, 0.25) is 0 Å². The van der Waals surface area contributed by atoms with Gasteiger partial charge in [-0.3, -0.25) is 0 Å². The lowest BCUT2D eigenvalue weighted by molar-refractivity contribution is -0.162. The van der Waals surface area contributed by atoms with Crippen molar-refractivity contribution in [3.05, 3.63) is 0 Å². The highest BCUT2D eigenvalue weighted by Crippen LogP contribution is 2.47. The molecule has 3 heterocycles. The minimum absolute atomic E-state index is 0.0152. The zero-order valence-corrected chi connectivity index (χ0v) is 16.6. The van der Waals surface area contributed by atoms with Crippen LogP contribution >= 0.6 is 11.8 Å². The summed E-state index contributed by atoms with van der Waals surface area (Å²) >= 11 is 1.59. The van der Waals surface area contributed by atoms with E-state index in [1.165, 1.54) is 0 Å². The third-order valence-electron chi connectivity index (χ3n) is 5.16. The molecule has 1 saturated carbocycles. The molecule has 2 aromatic heterocycles. The standard InChI is InChI=1S/C17H26N6O3S/c1-4-5-6-27-16-19-14(18)11-15(20-16)23(22-21-11)10-7-9(8-24)12-13(10)26-17(2,3)25-12/h9-10,12-13,24H,4-8H2,1-3H3,(H2,18,19,20)/t9-,10-,12-,13+/m0/s1. The van der Waals surface area contributed by atoms with Crippen LogP contribution in [0.5, 0.6) is 0 Å². The number of nitrogen functional groups attached to an aromatic ring is 1. The average Bonchev–Trinajstić information content (AvgIpc) is 3.26. The maximum Gasteiger partial charge on any atom is 0.191 e. The van der Waals surface area contributed by atoms with Gasteiger partial charge in [-0.15, -0.1) is 5.10 Å². The van der Waals surface area contributed by atoms with E-state index in [1.807, 2.05) is 13.8 Å². The van der Waals surface area contributed by atoms with Crippen LogP contribution in [0.2, 0.25) is 0 Å². The topological polar surface area (TPSA) is 121 Å². The second-order valence-electron chi connectivity index (χ2n) is 7.61. The number of ether oxygens (including phenoxy) is 2. The van der Waals surface area contributed by atoms with Crippen LogP contribution in [-0.2, 0) is 9.47 Å². The van der Waals surface area contributed by atoms with Crippen molar-refractivity contribution in [2.45, 2.75) is 69.2 Å². The number of aliphatic hydroxyl groups excluding tert-OH is 1. The molecule has 0 spiro atoms. The number of hydrogen-bond acceptors (Lipinski definition) is 9. The van der Waals surface area contributed by atoms with E-state index < -0.39 is 5.79 Å². The fourth-order valence-electron chi connectivity index (χ4n) is 3.90. The highest BCUT2D eigenvalue weighted by atomic mass is 32.2. The molecule has 2 fully saturated rings. The third-order valence-corrected chi connectivity index (χ3v) is 6.09. The molecule has 0 amide bonds. The van der Waals surface area contributed by atoms with Gasteiger partial charge >= 0.3 is 0 Å². The van der Waals surface area contributed by atoms with E-state index in [1.54, 1.807) is 16.4 Å². The SMILES string of the molecule is CCCCSc1nc(N)c2nnn([C@H]3C[C@@H](CO)[C@@H]4OC(C)(C)O[C@@H]43)c2n1. The van der Waals surface area contributed by atoms with Crippen molar-refractivity contribution in [3.8, 4) is 0 Å². The maximum atomic E-state index is 9.79. The summed E-state index contributed by atoms with van der Waals surface area (Å²) in [6.45, 7) is 5.97. The first-order chi connectivity index (χ1) is 12.9. The lowest BCUT2D eigenvalue weighted by atomic mass is 10.1. The number of aliphatic hydroxyl groups is 1. The normalized spacial score (nSPS) is 29.5. The minimum Gasteiger partial charge on any atom is -0.396 e. The number of rotatable bonds is 6. The number of anilines is 1. The number of fused-ring (bicyclic) bond motifs is 2. The summed E-state index contributed by atoms with van der Waals surface area (Å²) in [4.78, 5) is 9.02. The first kappa shape index (κ1) is 18.9. The van der Waals surface area contributed by atoms with Crippen LogP contribution in [0.15, 0.2) is 5.16 Å². The zero-order valence-electron chi connectivity index (χ0n) is 15.8. The monoisotopic (exact) mass is 394 g/mol. The van der Waals surface area contributed by atoms with Crippen molar-refractivity contribution in [1.29, 1.82) is 0 Å². The van der Waals surface area contributed by atoms with Crippen LogP contribution in [0.4, 0.5) is 5.82 Å². The van der Waals surface area contributed by atoms with Gasteiger partial charge in [-0.25, -0.2) is 14.6 Å². The predicted octanol–water partition coefficient (Wildman–Crippen LogP) is 1.77. The van der Waals surface area contributed by atoms with Crippen LogP contribution < -0.4 is 5.73 Å². The quantitative estimate of drug-likeness (QED) is 0.429. The van der Waals surface area contributed by atoms with Crippen molar-refractivity contribution in [2.24, 2.45) is 5.92 Å². The van der Waals surface area contributed by atoms with E-state index in [4.69, 9.17) is 15.2 Å². The van der Waals surface area contributed by atoms with Gasteiger partial charge < -0.3 is 20.3 Å². The molecule has 4 rings (SSSR count). The van der Waals surface area contributed by atoms with Crippen LogP contribution in [0, 0.1) is 5.92 Å². The molecule has 2 aliphatic rings. The van der Waals surface area contributed by atoms with E-state index in [9.17, 15) is 5.11 Å². The molecule has 9 nitrogen and oxygen atoms in total. The van der Waals surface area contributed by atoms with E-state index in [0.29, 0.717) is 28.6 Å². The Morgan fingerprint density at radius 3 is 2.81 bits per heavy atom. The Bertz CT molecular complexity index is 828. The van der Waals surface area contributed by atoms with Gasteiger partial charge in [-0.05, 0) is 26.7 Å². The second kappa shape index (κ2) is 7.16. The molecule has 1 aliphatic carbocycles. The molecule has 0 bridgehead atoms. The van der Waals surface area contributed by atoms with Gasteiger partial charge in [0, 0.05) is 18.3 Å². The van der Waals surface area contributed by atoms with Crippen molar-refractivity contribution < 1.29 is 14.6 Å². The number of nitrogens with two attached hydrogens (primary N) is 1.